The van der Waals surface area contributed by atoms with Crippen LogP contribution in [0.5, 0.6) is 11.5 Å². The van der Waals surface area contributed by atoms with Gasteiger partial charge in [0.25, 0.3) is 0 Å². The third-order valence-electron chi connectivity index (χ3n) is 4.17. The lowest BCUT2D eigenvalue weighted by Crippen LogP contribution is -2.26. The fourth-order valence-corrected chi connectivity index (χ4v) is 2.92. The Kier molecular flexibility index (Phi) is 5.90. The Labute approximate surface area is 126 Å². The van der Waals surface area contributed by atoms with Gasteiger partial charge in [-0.3, -0.25) is 4.79 Å². The molecule has 4 heteroatoms. The van der Waals surface area contributed by atoms with Crippen LogP contribution in [0.15, 0.2) is 18.2 Å². The van der Waals surface area contributed by atoms with Crippen molar-refractivity contribution in [3.8, 4) is 11.5 Å². The molecular formula is C17H25NO3. The van der Waals surface area contributed by atoms with Crippen molar-refractivity contribution >= 4 is 5.91 Å². The Morgan fingerprint density at radius 3 is 2.62 bits per heavy atom. The summed E-state index contributed by atoms with van der Waals surface area (Å²) in [6, 6.07) is 5.65. The summed E-state index contributed by atoms with van der Waals surface area (Å²) in [4.78, 5) is 12.0. The van der Waals surface area contributed by atoms with Crippen LogP contribution in [0.4, 0.5) is 0 Å². The molecule has 1 aromatic carbocycles. The van der Waals surface area contributed by atoms with Gasteiger partial charge in [0.05, 0.1) is 14.2 Å². The summed E-state index contributed by atoms with van der Waals surface area (Å²) in [7, 11) is 3.25. The fraction of sp³-hybridized carbons (Fsp3) is 0.588. The minimum Gasteiger partial charge on any atom is -0.497 e. The Morgan fingerprint density at radius 1 is 1.19 bits per heavy atom. The smallest absolute Gasteiger partial charge is 0.220 e. The molecule has 4 nitrogen and oxygen atoms in total. The predicted molar refractivity (Wildman–Crippen MR) is 82.6 cm³/mol. The second-order valence-corrected chi connectivity index (χ2v) is 5.66. The predicted octanol–water partition coefficient (Wildman–Crippen LogP) is 3.29. The molecule has 116 valence electrons. The number of hydrogen-bond acceptors (Lipinski definition) is 3. The molecule has 1 amide bonds. The normalized spacial score (nSPS) is 15.5. The molecule has 0 unspecified atom stereocenters. The van der Waals surface area contributed by atoms with Gasteiger partial charge in [-0.25, -0.2) is 0 Å². The van der Waals surface area contributed by atoms with Crippen molar-refractivity contribution in [2.75, 3.05) is 14.2 Å². The molecule has 21 heavy (non-hydrogen) atoms. The third kappa shape index (κ3) is 4.66. The van der Waals surface area contributed by atoms with Crippen LogP contribution in [0.25, 0.3) is 0 Å². The maximum Gasteiger partial charge on any atom is 0.220 e. The van der Waals surface area contributed by atoms with E-state index < -0.39 is 0 Å². The average molecular weight is 291 g/mol. The highest BCUT2D eigenvalue weighted by Gasteiger charge is 2.17. The van der Waals surface area contributed by atoms with E-state index in [0.29, 0.717) is 18.9 Å². The van der Waals surface area contributed by atoms with Gasteiger partial charge in [0.2, 0.25) is 5.91 Å². The monoisotopic (exact) mass is 291 g/mol. The van der Waals surface area contributed by atoms with Gasteiger partial charge in [-0.05, 0) is 30.9 Å². The molecule has 0 atom stereocenters. The van der Waals surface area contributed by atoms with Crippen LogP contribution in [-0.4, -0.2) is 20.1 Å². The topological polar surface area (TPSA) is 47.6 Å². The summed E-state index contributed by atoms with van der Waals surface area (Å²) in [5.41, 5.74) is 0.968. The molecule has 1 N–H and O–H groups in total. The number of methoxy groups -OCH3 is 2. The summed E-state index contributed by atoms with van der Waals surface area (Å²) in [6.45, 7) is 0.499. The lowest BCUT2D eigenvalue weighted by molar-refractivity contribution is -0.122. The molecule has 0 aliphatic heterocycles. The first-order valence-electron chi connectivity index (χ1n) is 7.70. The minimum atomic E-state index is 0.139. The van der Waals surface area contributed by atoms with E-state index in [9.17, 15) is 4.79 Å². The van der Waals surface area contributed by atoms with Crippen LogP contribution in [-0.2, 0) is 11.3 Å². The fourth-order valence-electron chi connectivity index (χ4n) is 2.92. The van der Waals surface area contributed by atoms with E-state index in [-0.39, 0.29) is 5.91 Å². The second-order valence-electron chi connectivity index (χ2n) is 5.66. The molecule has 0 aromatic heterocycles. The number of nitrogens with one attached hydrogen (secondary N) is 1. The number of rotatable bonds is 6. The van der Waals surface area contributed by atoms with Crippen LogP contribution in [0.1, 0.15) is 44.1 Å². The molecule has 0 radical (unpaired) electrons. The van der Waals surface area contributed by atoms with Crippen molar-refractivity contribution in [3.63, 3.8) is 0 Å². The molecule has 1 aliphatic rings. The number of hydrogen-bond donors (Lipinski definition) is 1. The molecular weight excluding hydrogens is 266 g/mol. The molecule has 0 saturated heterocycles. The first kappa shape index (κ1) is 15.7. The van der Waals surface area contributed by atoms with Crippen LogP contribution in [0.2, 0.25) is 0 Å². The van der Waals surface area contributed by atoms with E-state index in [1.54, 1.807) is 14.2 Å². The third-order valence-corrected chi connectivity index (χ3v) is 4.17. The first-order valence-corrected chi connectivity index (χ1v) is 7.70. The van der Waals surface area contributed by atoms with Gasteiger partial charge >= 0.3 is 0 Å². The zero-order valence-corrected chi connectivity index (χ0v) is 13.0. The van der Waals surface area contributed by atoms with Crippen molar-refractivity contribution in [2.24, 2.45) is 5.92 Å². The van der Waals surface area contributed by atoms with Gasteiger partial charge in [0, 0.05) is 24.6 Å². The van der Waals surface area contributed by atoms with Crippen molar-refractivity contribution in [3.05, 3.63) is 23.8 Å². The lowest BCUT2D eigenvalue weighted by Gasteiger charge is -2.21. The van der Waals surface area contributed by atoms with Crippen molar-refractivity contribution in [1.29, 1.82) is 0 Å². The van der Waals surface area contributed by atoms with Crippen LogP contribution in [0, 0.1) is 5.92 Å². The maximum atomic E-state index is 12.0. The Morgan fingerprint density at radius 2 is 1.95 bits per heavy atom. The van der Waals surface area contributed by atoms with Crippen molar-refractivity contribution < 1.29 is 14.3 Å². The van der Waals surface area contributed by atoms with Crippen LogP contribution in [0.3, 0.4) is 0 Å². The number of benzene rings is 1. The van der Waals surface area contributed by atoms with Crippen molar-refractivity contribution in [2.45, 2.75) is 45.1 Å². The zero-order chi connectivity index (χ0) is 15.1. The molecule has 0 bridgehead atoms. The number of carbonyl (C=O) groups is 1. The summed E-state index contributed by atoms with van der Waals surface area (Å²) in [6.07, 6.45) is 6.90. The number of amides is 1. The van der Waals surface area contributed by atoms with Crippen molar-refractivity contribution in [1.82, 2.24) is 5.32 Å². The summed E-state index contributed by atoms with van der Waals surface area (Å²) in [5, 5.41) is 3.00. The highest BCUT2D eigenvalue weighted by molar-refractivity contribution is 5.76. The van der Waals surface area contributed by atoms with Gasteiger partial charge in [0.15, 0.2) is 0 Å². The summed E-state index contributed by atoms with van der Waals surface area (Å²) in [5.74, 6) is 2.20. The Hall–Kier alpha value is -1.71. The molecule has 1 aromatic rings. The summed E-state index contributed by atoms with van der Waals surface area (Å²) < 4.78 is 10.5. The van der Waals surface area contributed by atoms with Gasteiger partial charge in [-0.2, -0.15) is 0 Å². The summed E-state index contributed by atoms with van der Waals surface area (Å²) >= 11 is 0. The molecule has 0 spiro atoms. The largest absolute Gasteiger partial charge is 0.497 e. The second kappa shape index (κ2) is 7.91. The van der Waals surface area contributed by atoms with Gasteiger partial charge in [-0.15, -0.1) is 0 Å². The first-order chi connectivity index (χ1) is 10.2. The van der Waals surface area contributed by atoms with E-state index in [1.807, 2.05) is 18.2 Å². The van der Waals surface area contributed by atoms with E-state index in [4.69, 9.17) is 9.47 Å². The minimum absolute atomic E-state index is 0.139. The lowest BCUT2D eigenvalue weighted by atomic mass is 9.87. The SMILES string of the molecule is COc1ccc(CNC(=O)CC2CCCCC2)c(OC)c1. The molecule has 1 aliphatic carbocycles. The number of carbonyl (C=O) groups excluding carboxylic acids is 1. The Balaban J connectivity index is 1.85. The molecule has 1 saturated carbocycles. The van der Waals surface area contributed by atoms with E-state index in [2.05, 4.69) is 5.32 Å². The van der Waals surface area contributed by atoms with Gasteiger partial charge < -0.3 is 14.8 Å². The number of ether oxygens (including phenoxy) is 2. The quantitative estimate of drug-likeness (QED) is 0.875. The van der Waals surface area contributed by atoms with Crippen LogP contribution >= 0.6 is 0 Å². The zero-order valence-electron chi connectivity index (χ0n) is 13.0. The van der Waals surface area contributed by atoms with E-state index in [0.717, 1.165) is 17.1 Å². The average Bonchev–Trinajstić information content (AvgIpc) is 2.53. The van der Waals surface area contributed by atoms with E-state index in [1.165, 1.54) is 32.1 Å². The molecule has 0 heterocycles. The van der Waals surface area contributed by atoms with Crippen LogP contribution < -0.4 is 14.8 Å². The van der Waals surface area contributed by atoms with E-state index >= 15 is 0 Å². The van der Waals surface area contributed by atoms with Gasteiger partial charge in [-0.1, -0.05) is 19.3 Å². The Bertz CT molecular complexity index is 467. The highest BCUT2D eigenvalue weighted by atomic mass is 16.5. The molecule has 2 rings (SSSR count). The molecule has 1 fully saturated rings. The highest BCUT2D eigenvalue weighted by Crippen LogP contribution is 2.27. The standard InChI is InChI=1S/C17H25NO3/c1-20-15-9-8-14(16(11-15)21-2)12-18-17(19)10-13-6-4-3-5-7-13/h8-9,11,13H,3-7,10,12H2,1-2H3,(H,18,19). The maximum absolute atomic E-state index is 12.0. The van der Waals surface area contributed by atoms with Gasteiger partial charge in [0.1, 0.15) is 11.5 Å².